The summed E-state index contributed by atoms with van der Waals surface area (Å²) in [6.45, 7) is 0. The van der Waals surface area contributed by atoms with Crippen LogP contribution in [-0.2, 0) is 0 Å². The molecule has 0 fully saturated rings. The average molecular weight is 718 g/mol. The van der Waals surface area contributed by atoms with Crippen molar-refractivity contribution < 1.29 is 0 Å². The van der Waals surface area contributed by atoms with Crippen molar-refractivity contribution in [3.63, 3.8) is 0 Å². The van der Waals surface area contributed by atoms with Crippen LogP contribution >= 0.6 is 0 Å². The quantitative estimate of drug-likeness (QED) is 0.157. The molecule has 0 radical (unpaired) electrons. The number of fused-ring (bicyclic) bond motifs is 3. The summed E-state index contributed by atoms with van der Waals surface area (Å²) < 4.78 is 2.17. The highest BCUT2D eigenvalue weighted by Gasteiger charge is 2.19. The Kier molecular flexibility index (Phi) is 8.43. The SMILES string of the molecule is c1ccc(-c2ccc(N(c3ccccc3)c3ccc(-c4ccc5c(c4)c4ccccc4n5-c4nc(-c5ccccc5)nc(-c5ccccc5)n4)cc3)cc2)cc1. The van der Waals surface area contributed by atoms with Gasteiger partial charge in [0.1, 0.15) is 0 Å². The average Bonchev–Trinajstić information content (AvgIpc) is 3.62. The Morgan fingerprint density at radius 3 is 1.29 bits per heavy atom. The van der Waals surface area contributed by atoms with Gasteiger partial charge in [-0.2, -0.15) is 9.97 Å². The number of benzene rings is 8. The van der Waals surface area contributed by atoms with Gasteiger partial charge in [0.15, 0.2) is 11.6 Å². The molecule has 0 saturated carbocycles. The summed E-state index contributed by atoms with van der Waals surface area (Å²) in [7, 11) is 0. The summed E-state index contributed by atoms with van der Waals surface area (Å²) in [5, 5.41) is 2.27. The molecular formula is C51H35N5. The zero-order chi connectivity index (χ0) is 37.3. The van der Waals surface area contributed by atoms with Crippen LogP contribution in [0.1, 0.15) is 0 Å². The first-order valence-corrected chi connectivity index (χ1v) is 18.8. The van der Waals surface area contributed by atoms with E-state index < -0.39 is 0 Å². The van der Waals surface area contributed by atoms with E-state index in [0.717, 1.165) is 61.1 Å². The maximum Gasteiger partial charge on any atom is 0.238 e. The number of hydrogen-bond donors (Lipinski definition) is 0. The lowest BCUT2D eigenvalue weighted by Crippen LogP contribution is -2.09. The number of hydrogen-bond acceptors (Lipinski definition) is 4. The lowest BCUT2D eigenvalue weighted by molar-refractivity contribution is 0.953. The zero-order valence-corrected chi connectivity index (χ0v) is 30.4. The van der Waals surface area contributed by atoms with E-state index in [1.807, 2.05) is 60.7 Å². The van der Waals surface area contributed by atoms with E-state index in [9.17, 15) is 0 Å². The van der Waals surface area contributed by atoms with Gasteiger partial charge in [0.25, 0.3) is 0 Å². The molecular weight excluding hydrogens is 683 g/mol. The van der Waals surface area contributed by atoms with Crippen LogP contribution in [0.5, 0.6) is 0 Å². The highest BCUT2D eigenvalue weighted by Crippen LogP contribution is 2.38. The second kappa shape index (κ2) is 14.3. The predicted molar refractivity (Wildman–Crippen MR) is 231 cm³/mol. The van der Waals surface area contributed by atoms with Crippen LogP contribution in [0.2, 0.25) is 0 Å². The fourth-order valence-electron chi connectivity index (χ4n) is 7.53. The Balaban J connectivity index is 1.05. The number of nitrogens with zero attached hydrogens (tertiary/aromatic N) is 5. The van der Waals surface area contributed by atoms with E-state index in [4.69, 9.17) is 15.0 Å². The first kappa shape index (κ1) is 33.0. The summed E-state index contributed by atoms with van der Waals surface area (Å²) in [4.78, 5) is 17.4. The Morgan fingerprint density at radius 2 is 0.714 bits per heavy atom. The van der Waals surface area contributed by atoms with Crippen LogP contribution in [0.25, 0.3) is 72.8 Å². The van der Waals surface area contributed by atoms with E-state index in [0.29, 0.717) is 17.6 Å². The van der Waals surface area contributed by atoms with Crippen LogP contribution in [0.4, 0.5) is 17.1 Å². The predicted octanol–water partition coefficient (Wildman–Crippen LogP) is 13.1. The molecule has 2 heterocycles. The molecule has 0 aliphatic carbocycles. The Labute approximate surface area is 325 Å². The smallest absolute Gasteiger partial charge is 0.238 e. The van der Waals surface area contributed by atoms with Crippen LogP contribution in [0.15, 0.2) is 212 Å². The van der Waals surface area contributed by atoms with Gasteiger partial charge in [0.05, 0.1) is 11.0 Å². The minimum atomic E-state index is 0.582. The van der Waals surface area contributed by atoms with Gasteiger partial charge in [-0.15, -0.1) is 0 Å². The van der Waals surface area contributed by atoms with Crippen LogP contribution in [0, 0.1) is 0 Å². The van der Waals surface area contributed by atoms with Crippen molar-refractivity contribution in [2.45, 2.75) is 0 Å². The molecule has 8 aromatic carbocycles. The molecule has 10 rings (SSSR count). The van der Waals surface area contributed by atoms with Gasteiger partial charge in [-0.1, -0.05) is 158 Å². The maximum absolute atomic E-state index is 5.08. The minimum Gasteiger partial charge on any atom is -0.311 e. The van der Waals surface area contributed by atoms with Crippen molar-refractivity contribution in [3.05, 3.63) is 212 Å². The third kappa shape index (κ3) is 6.17. The van der Waals surface area contributed by atoms with Gasteiger partial charge in [-0.25, -0.2) is 4.98 Å². The molecule has 0 saturated heterocycles. The highest BCUT2D eigenvalue weighted by atomic mass is 15.2. The maximum atomic E-state index is 5.08. The van der Waals surface area contributed by atoms with Gasteiger partial charge in [-0.05, 0) is 76.9 Å². The van der Waals surface area contributed by atoms with Crippen LogP contribution in [0.3, 0.4) is 0 Å². The molecule has 56 heavy (non-hydrogen) atoms. The fraction of sp³-hybridized carbons (Fsp3) is 0. The van der Waals surface area contributed by atoms with E-state index in [2.05, 4.69) is 161 Å². The Hall–Kier alpha value is -7.63. The minimum absolute atomic E-state index is 0.582. The summed E-state index contributed by atoms with van der Waals surface area (Å²) in [6, 6.07) is 74.1. The molecule has 10 aromatic rings. The first-order chi connectivity index (χ1) is 27.8. The third-order valence-electron chi connectivity index (χ3n) is 10.3. The summed E-state index contributed by atoms with van der Waals surface area (Å²) in [6.07, 6.45) is 0. The summed E-state index contributed by atoms with van der Waals surface area (Å²) in [5.41, 5.74) is 11.9. The fourth-order valence-corrected chi connectivity index (χ4v) is 7.53. The van der Waals surface area contributed by atoms with Gasteiger partial charge in [-0.3, -0.25) is 4.57 Å². The van der Waals surface area contributed by atoms with E-state index in [1.165, 1.54) is 11.1 Å². The van der Waals surface area contributed by atoms with E-state index in [-0.39, 0.29) is 0 Å². The molecule has 0 N–H and O–H groups in total. The van der Waals surface area contributed by atoms with Crippen molar-refractivity contribution in [1.29, 1.82) is 0 Å². The third-order valence-corrected chi connectivity index (χ3v) is 10.3. The zero-order valence-electron chi connectivity index (χ0n) is 30.4. The van der Waals surface area contributed by atoms with E-state index >= 15 is 0 Å². The highest BCUT2D eigenvalue weighted by molar-refractivity contribution is 6.10. The molecule has 0 amide bonds. The molecule has 0 atom stereocenters. The topological polar surface area (TPSA) is 46.8 Å². The van der Waals surface area contributed by atoms with Crippen molar-refractivity contribution in [1.82, 2.24) is 19.5 Å². The van der Waals surface area contributed by atoms with Gasteiger partial charge >= 0.3 is 0 Å². The lowest BCUT2D eigenvalue weighted by Gasteiger charge is -2.26. The van der Waals surface area contributed by atoms with Crippen molar-refractivity contribution in [3.8, 4) is 51.0 Å². The van der Waals surface area contributed by atoms with Crippen molar-refractivity contribution in [2.75, 3.05) is 4.90 Å². The van der Waals surface area contributed by atoms with E-state index in [1.54, 1.807) is 0 Å². The largest absolute Gasteiger partial charge is 0.311 e. The standard InChI is InChI=1S/C51H35N5/c1-5-15-36(16-6-1)37-25-30-43(31-26-37)55(42-21-11-4-12-22-42)44-32-27-38(28-33-44)41-29-34-48-46(35-41)45-23-13-14-24-47(45)56(48)51-53-49(39-17-7-2-8-18-39)52-50(54-51)40-19-9-3-10-20-40/h1-35H. The Bertz CT molecular complexity index is 2870. The second-order valence-corrected chi connectivity index (χ2v) is 13.7. The lowest BCUT2D eigenvalue weighted by atomic mass is 10.0. The molecule has 5 nitrogen and oxygen atoms in total. The van der Waals surface area contributed by atoms with Gasteiger partial charge in [0.2, 0.25) is 5.95 Å². The molecule has 2 aromatic heterocycles. The Morgan fingerprint density at radius 1 is 0.304 bits per heavy atom. The number of anilines is 3. The van der Waals surface area contributed by atoms with Crippen molar-refractivity contribution >= 4 is 38.9 Å². The van der Waals surface area contributed by atoms with Crippen LogP contribution in [-0.4, -0.2) is 19.5 Å². The number of aromatic nitrogens is 4. The van der Waals surface area contributed by atoms with Crippen molar-refractivity contribution in [2.24, 2.45) is 0 Å². The van der Waals surface area contributed by atoms with Gasteiger partial charge < -0.3 is 4.90 Å². The molecule has 5 heteroatoms. The molecule has 0 spiro atoms. The molecule has 0 bridgehead atoms. The normalized spacial score (nSPS) is 11.2. The van der Waals surface area contributed by atoms with Crippen LogP contribution < -0.4 is 4.90 Å². The summed E-state index contributed by atoms with van der Waals surface area (Å²) >= 11 is 0. The van der Waals surface area contributed by atoms with Gasteiger partial charge in [0, 0.05) is 39.0 Å². The monoisotopic (exact) mass is 717 g/mol. The summed E-state index contributed by atoms with van der Waals surface area (Å²) in [5.74, 6) is 1.85. The number of rotatable bonds is 8. The molecule has 0 aliphatic heterocycles. The second-order valence-electron chi connectivity index (χ2n) is 13.7. The molecule has 264 valence electrons. The number of para-hydroxylation sites is 2. The first-order valence-electron chi connectivity index (χ1n) is 18.8. The molecule has 0 aliphatic rings. The molecule has 0 unspecified atom stereocenters.